The van der Waals surface area contributed by atoms with Crippen molar-refractivity contribution in [3.05, 3.63) is 35.4 Å². The molecule has 0 bridgehead atoms. The molecule has 1 aromatic rings. The van der Waals surface area contributed by atoms with Gasteiger partial charge in [-0.15, -0.1) is 0 Å². The summed E-state index contributed by atoms with van der Waals surface area (Å²) < 4.78 is -0.417. The fourth-order valence-corrected chi connectivity index (χ4v) is 2.70. The van der Waals surface area contributed by atoms with Crippen molar-refractivity contribution in [2.75, 3.05) is 0 Å². The Morgan fingerprint density at radius 3 is 2.33 bits per heavy atom. The maximum atomic E-state index is 10.1. The number of hydrogen-bond donors (Lipinski definition) is 3. The van der Waals surface area contributed by atoms with Crippen molar-refractivity contribution in [1.29, 1.82) is 0 Å². The Morgan fingerprint density at radius 1 is 1.20 bits per heavy atom. The van der Waals surface area contributed by atoms with Gasteiger partial charge in [-0.25, -0.2) is 0 Å². The summed E-state index contributed by atoms with van der Waals surface area (Å²) in [5.41, 5.74) is 0.0211. The molecule has 15 heavy (non-hydrogen) atoms. The highest BCUT2D eigenvalue weighted by atomic mass is 127. The van der Waals surface area contributed by atoms with Crippen LogP contribution >= 0.6 is 22.6 Å². The summed E-state index contributed by atoms with van der Waals surface area (Å²) in [6, 6.07) is 7.13. The Morgan fingerprint density at radius 2 is 1.73 bits per heavy atom. The largest absolute Gasteiger partial charge is 0.387 e. The standard InChI is InChI=1S/C11H13IO3/c1-11(15)9(12)8(13)6-4-2-3-5-7(6)10(11)14/h2-5,8-10,13-15H,1H3/t8-,9+,10+,11-/m0/s1. The van der Waals surface area contributed by atoms with Gasteiger partial charge in [0.05, 0.1) is 10.0 Å². The second-order valence-electron chi connectivity index (χ2n) is 4.10. The molecule has 0 aliphatic heterocycles. The lowest BCUT2D eigenvalue weighted by atomic mass is 9.77. The molecule has 1 aliphatic carbocycles. The van der Waals surface area contributed by atoms with E-state index in [1.54, 1.807) is 25.1 Å². The van der Waals surface area contributed by atoms with Gasteiger partial charge >= 0.3 is 0 Å². The van der Waals surface area contributed by atoms with Crippen molar-refractivity contribution in [2.24, 2.45) is 0 Å². The van der Waals surface area contributed by atoms with Gasteiger partial charge in [-0.2, -0.15) is 0 Å². The van der Waals surface area contributed by atoms with Gasteiger partial charge in [-0.1, -0.05) is 46.9 Å². The molecule has 0 saturated heterocycles. The molecule has 3 nitrogen and oxygen atoms in total. The highest BCUT2D eigenvalue weighted by molar-refractivity contribution is 14.1. The van der Waals surface area contributed by atoms with Gasteiger partial charge in [0.25, 0.3) is 0 Å². The number of rotatable bonds is 0. The third-order valence-electron chi connectivity index (χ3n) is 3.00. The van der Waals surface area contributed by atoms with Crippen LogP contribution in [-0.4, -0.2) is 24.8 Å². The van der Waals surface area contributed by atoms with Crippen molar-refractivity contribution in [1.82, 2.24) is 0 Å². The molecule has 4 heteroatoms. The van der Waals surface area contributed by atoms with Crippen LogP contribution in [-0.2, 0) is 0 Å². The first kappa shape index (κ1) is 11.3. The van der Waals surface area contributed by atoms with Gasteiger partial charge in [0, 0.05) is 0 Å². The summed E-state index contributed by atoms with van der Waals surface area (Å²) in [7, 11) is 0. The Kier molecular flexibility index (Phi) is 2.79. The Labute approximate surface area is 102 Å². The average Bonchev–Trinajstić information content (AvgIpc) is 2.24. The zero-order valence-corrected chi connectivity index (χ0v) is 10.4. The molecule has 0 fully saturated rings. The quantitative estimate of drug-likeness (QED) is 0.499. The predicted molar refractivity (Wildman–Crippen MR) is 64.8 cm³/mol. The maximum absolute atomic E-state index is 10.1. The van der Waals surface area contributed by atoms with E-state index in [-0.39, 0.29) is 0 Å². The number of alkyl halides is 1. The number of aliphatic hydroxyl groups excluding tert-OH is 2. The van der Waals surface area contributed by atoms with Crippen LogP contribution in [0.4, 0.5) is 0 Å². The predicted octanol–water partition coefficient (Wildman–Crippen LogP) is 1.32. The fraction of sp³-hybridized carbons (Fsp3) is 0.455. The van der Waals surface area contributed by atoms with Gasteiger partial charge in [-0.05, 0) is 18.1 Å². The first-order chi connectivity index (χ1) is 6.96. The van der Waals surface area contributed by atoms with Gasteiger partial charge in [-0.3, -0.25) is 0 Å². The van der Waals surface area contributed by atoms with Gasteiger partial charge < -0.3 is 15.3 Å². The number of fused-ring (bicyclic) bond motifs is 1. The topological polar surface area (TPSA) is 60.7 Å². The first-order valence-electron chi connectivity index (χ1n) is 4.77. The number of aliphatic hydroxyl groups is 3. The minimum absolute atomic E-state index is 0.417. The second kappa shape index (κ2) is 3.69. The molecule has 82 valence electrons. The van der Waals surface area contributed by atoms with Crippen molar-refractivity contribution in [3.63, 3.8) is 0 Å². The fourth-order valence-electron chi connectivity index (χ4n) is 1.97. The normalized spacial score (nSPS) is 39.9. The average molecular weight is 320 g/mol. The van der Waals surface area contributed by atoms with E-state index in [1.165, 1.54) is 0 Å². The minimum Gasteiger partial charge on any atom is -0.387 e. The monoisotopic (exact) mass is 320 g/mol. The smallest absolute Gasteiger partial charge is 0.109 e. The molecule has 0 heterocycles. The van der Waals surface area contributed by atoms with E-state index in [0.717, 1.165) is 0 Å². The summed E-state index contributed by atoms with van der Waals surface area (Å²) >= 11 is 1.98. The molecule has 2 rings (SSSR count). The Hall–Kier alpha value is -0.170. The van der Waals surface area contributed by atoms with Gasteiger partial charge in [0.15, 0.2) is 0 Å². The van der Waals surface area contributed by atoms with E-state index in [9.17, 15) is 15.3 Å². The van der Waals surface area contributed by atoms with E-state index >= 15 is 0 Å². The molecular formula is C11H13IO3. The molecule has 0 saturated carbocycles. The molecule has 4 atom stereocenters. The Bertz CT molecular complexity index is 378. The first-order valence-corrected chi connectivity index (χ1v) is 6.02. The molecule has 0 amide bonds. The maximum Gasteiger partial charge on any atom is 0.109 e. The van der Waals surface area contributed by atoms with Crippen LogP contribution in [0, 0.1) is 0 Å². The third-order valence-corrected chi connectivity index (χ3v) is 4.94. The third kappa shape index (κ3) is 1.60. The number of hydrogen-bond acceptors (Lipinski definition) is 3. The summed E-state index contributed by atoms with van der Waals surface area (Å²) in [6.45, 7) is 1.55. The van der Waals surface area contributed by atoms with Crippen LogP contribution in [0.1, 0.15) is 30.3 Å². The van der Waals surface area contributed by atoms with E-state index in [1.807, 2.05) is 28.7 Å². The lowest BCUT2D eigenvalue weighted by molar-refractivity contribution is -0.0917. The molecule has 3 N–H and O–H groups in total. The summed E-state index contributed by atoms with van der Waals surface area (Å²) in [4.78, 5) is 0. The van der Waals surface area contributed by atoms with Crippen molar-refractivity contribution in [2.45, 2.75) is 28.7 Å². The van der Waals surface area contributed by atoms with Crippen molar-refractivity contribution in [3.8, 4) is 0 Å². The van der Waals surface area contributed by atoms with Crippen LogP contribution < -0.4 is 0 Å². The minimum atomic E-state index is -1.30. The van der Waals surface area contributed by atoms with E-state index in [0.29, 0.717) is 11.1 Å². The molecule has 0 radical (unpaired) electrons. The highest BCUT2D eigenvalue weighted by Crippen LogP contribution is 2.45. The molecule has 0 unspecified atom stereocenters. The molecular weight excluding hydrogens is 307 g/mol. The van der Waals surface area contributed by atoms with E-state index in [4.69, 9.17) is 0 Å². The van der Waals surface area contributed by atoms with Crippen LogP contribution in [0.15, 0.2) is 24.3 Å². The zero-order valence-electron chi connectivity index (χ0n) is 8.26. The lowest BCUT2D eigenvalue weighted by Crippen LogP contribution is -2.48. The molecule has 0 aromatic heterocycles. The molecule has 1 aromatic carbocycles. The zero-order chi connectivity index (χ0) is 11.2. The molecule has 0 spiro atoms. The summed E-state index contributed by atoms with van der Waals surface area (Å²) in [5.74, 6) is 0. The lowest BCUT2D eigenvalue weighted by Gasteiger charge is -2.42. The van der Waals surface area contributed by atoms with Crippen molar-refractivity contribution >= 4 is 22.6 Å². The number of halogens is 1. The van der Waals surface area contributed by atoms with E-state index in [2.05, 4.69) is 0 Å². The van der Waals surface area contributed by atoms with Crippen LogP contribution in [0.25, 0.3) is 0 Å². The SMILES string of the molecule is C[C@@]1(O)[C@H](O)c2ccccc2[C@H](O)[C@H]1I. The highest BCUT2D eigenvalue weighted by Gasteiger charge is 2.47. The van der Waals surface area contributed by atoms with Crippen LogP contribution in [0.2, 0.25) is 0 Å². The molecule has 1 aliphatic rings. The van der Waals surface area contributed by atoms with Crippen LogP contribution in [0.5, 0.6) is 0 Å². The summed E-state index contributed by atoms with van der Waals surface area (Å²) in [5, 5.41) is 30.1. The van der Waals surface area contributed by atoms with Gasteiger partial charge in [0.1, 0.15) is 11.7 Å². The van der Waals surface area contributed by atoms with Gasteiger partial charge in [0.2, 0.25) is 0 Å². The van der Waals surface area contributed by atoms with E-state index < -0.39 is 21.7 Å². The number of benzene rings is 1. The van der Waals surface area contributed by atoms with Crippen LogP contribution in [0.3, 0.4) is 0 Å². The van der Waals surface area contributed by atoms with Crippen molar-refractivity contribution < 1.29 is 15.3 Å². The second-order valence-corrected chi connectivity index (χ2v) is 5.45. The summed E-state index contributed by atoms with van der Waals surface area (Å²) in [6.07, 6.45) is -1.68. The Balaban J connectivity index is 2.57.